The van der Waals surface area contributed by atoms with Crippen molar-refractivity contribution in [3.8, 4) is 0 Å². The van der Waals surface area contributed by atoms with Crippen LogP contribution in [0.2, 0.25) is 0 Å². The second-order valence-electron chi connectivity index (χ2n) is 3.89. The van der Waals surface area contributed by atoms with Gasteiger partial charge in [0.05, 0.1) is 4.47 Å². The molecule has 1 aliphatic heterocycles. The summed E-state index contributed by atoms with van der Waals surface area (Å²) in [5.74, 6) is 1.03. The summed E-state index contributed by atoms with van der Waals surface area (Å²) in [6.07, 6.45) is 5.53. The van der Waals surface area contributed by atoms with E-state index in [4.69, 9.17) is 5.73 Å². The Kier molecular flexibility index (Phi) is 3.59. The molecule has 0 spiro atoms. The molecule has 3 nitrogen and oxygen atoms in total. The smallest absolute Gasteiger partial charge is 0.143 e. The highest BCUT2D eigenvalue weighted by atomic mass is 79.9. The molecular weight excluding hydrogens is 254 g/mol. The number of pyridine rings is 1. The van der Waals surface area contributed by atoms with Gasteiger partial charge < -0.3 is 10.6 Å². The summed E-state index contributed by atoms with van der Waals surface area (Å²) in [6, 6.07) is 4.42. The number of nitrogens with two attached hydrogens (primary N) is 1. The predicted molar refractivity (Wildman–Crippen MR) is 66.0 cm³/mol. The van der Waals surface area contributed by atoms with Gasteiger partial charge in [-0.1, -0.05) is 0 Å². The van der Waals surface area contributed by atoms with E-state index in [1.54, 1.807) is 0 Å². The standard InChI is InChI=1S/C11H16BrN3/c12-10-5-3-6-14-11(10)15-7-2-1-4-9(15)8-13/h3,5-6,9H,1-2,4,7-8,13H2. The zero-order valence-corrected chi connectivity index (χ0v) is 10.3. The van der Waals surface area contributed by atoms with Crippen molar-refractivity contribution in [2.75, 3.05) is 18.0 Å². The molecule has 1 fully saturated rings. The van der Waals surface area contributed by atoms with Gasteiger partial charge in [-0.2, -0.15) is 0 Å². The van der Waals surface area contributed by atoms with Gasteiger partial charge in [0.2, 0.25) is 0 Å². The molecule has 4 heteroatoms. The summed E-state index contributed by atoms with van der Waals surface area (Å²) < 4.78 is 1.06. The van der Waals surface area contributed by atoms with Gasteiger partial charge in [-0.25, -0.2) is 4.98 Å². The fraction of sp³-hybridized carbons (Fsp3) is 0.545. The fourth-order valence-electron chi connectivity index (χ4n) is 2.11. The Balaban J connectivity index is 2.24. The van der Waals surface area contributed by atoms with Crippen molar-refractivity contribution in [1.82, 2.24) is 4.98 Å². The van der Waals surface area contributed by atoms with Crippen LogP contribution >= 0.6 is 15.9 Å². The summed E-state index contributed by atoms with van der Waals surface area (Å²) in [5.41, 5.74) is 5.80. The summed E-state index contributed by atoms with van der Waals surface area (Å²) in [7, 11) is 0. The average Bonchev–Trinajstić information content (AvgIpc) is 2.30. The van der Waals surface area contributed by atoms with Crippen LogP contribution in [0.3, 0.4) is 0 Å². The molecule has 15 heavy (non-hydrogen) atoms. The third-order valence-corrected chi connectivity index (χ3v) is 3.53. The number of rotatable bonds is 2. The van der Waals surface area contributed by atoms with Crippen LogP contribution in [0.1, 0.15) is 19.3 Å². The van der Waals surface area contributed by atoms with Crippen LogP contribution in [0.5, 0.6) is 0 Å². The average molecular weight is 270 g/mol. The van der Waals surface area contributed by atoms with E-state index in [2.05, 4.69) is 25.8 Å². The first-order valence-electron chi connectivity index (χ1n) is 5.40. The van der Waals surface area contributed by atoms with Crippen LogP contribution < -0.4 is 10.6 Å². The summed E-state index contributed by atoms with van der Waals surface area (Å²) in [6.45, 7) is 1.78. The van der Waals surface area contributed by atoms with E-state index in [0.717, 1.165) is 16.8 Å². The second kappa shape index (κ2) is 4.94. The molecule has 1 aliphatic rings. The molecule has 0 amide bonds. The van der Waals surface area contributed by atoms with Gasteiger partial charge in [0.1, 0.15) is 5.82 Å². The summed E-state index contributed by atoms with van der Waals surface area (Å²) >= 11 is 3.54. The van der Waals surface area contributed by atoms with Gasteiger partial charge in [-0.15, -0.1) is 0 Å². The lowest BCUT2D eigenvalue weighted by Crippen LogP contribution is -2.44. The first kappa shape index (κ1) is 10.9. The quantitative estimate of drug-likeness (QED) is 0.895. The molecule has 1 atom stereocenters. The minimum Gasteiger partial charge on any atom is -0.351 e. The number of halogens is 1. The van der Waals surface area contributed by atoms with Crippen molar-refractivity contribution in [3.63, 3.8) is 0 Å². The molecule has 1 saturated heterocycles. The molecular formula is C11H16BrN3. The van der Waals surface area contributed by atoms with Crippen molar-refractivity contribution in [3.05, 3.63) is 22.8 Å². The number of aromatic nitrogens is 1. The lowest BCUT2D eigenvalue weighted by atomic mass is 10.0. The van der Waals surface area contributed by atoms with Gasteiger partial charge in [-0.3, -0.25) is 0 Å². The molecule has 0 aromatic carbocycles. The molecule has 1 aromatic heterocycles. The van der Waals surface area contributed by atoms with E-state index in [1.165, 1.54) is 19.3 Å². The minimum atomic E-state index is 0.449. The Hall–Kier alpha value is -0.610. The Morgan fingerprint density at radius 3 is 3.13 bits per heavy atom. The number of piperidine rings is 1. The van der Waals surface area contributed by atoms with Crippen LogP contribution in [-0.4, -0.2) is 24.1 Å². The molecule has 0 saturated carbocycles. The maximum absolute atomic E-state index is 5.80. The maximum atomic E-state index is 5.80. The van der Waals surface area contributed by atoms with Gasteiger partial charge in [0.15, 0.2) is 0 Å². The van der Waals surface area contributed by atoms with Crippen LogP contribution in [-0.2, 0) is 0 Å². The molecule has 0 bridgehead atoms. The zero-order valence-electron chi connectivity index (χ0n) is 8.69. The highest BCUT2D eigenvalue weighted by Crippen LogP contribution is 2.28. The van der Waals surface area contributed by atoms with Crippen molar-refractivity contribution in [2.24, 2.45) is 5.73 Å². The van der Waals surface area contributed by atoms with Crippen molar-refractivity contribution in [1.29, 1.82) is 0 Å². The molecule has 0 aliphatic carbocycles. The molecule has 1 aromatic rings. The van der Waals surface area contributed by atoms with Gasteiger partial charge in [0.25, 0.3) is 0 Å². The number of nitrogens with zero attached hydrogens (tertiary/aromatic N) is 2. The lowest BCUT2D eigenvalue weighted by molar-refractivity contribution is 0.461. The van der Waals surface area contributed by atoms with E-state index in [9.17, 15) is 0 Å². The second-order valence-corrected chi connectivity index (χ2v) is 4.74. The highest BCUT2D eigenvalue weighted by Gasteiger charge is 2.23. The topological polar surface area (TPSA) is 42.1 Å². The highest BCUT2D eigenvalue weighted by molar-refractivity contribution is 9.10. The van der Waals surface area contributed by atoms with Gasteiger partial charge in [-0.05, 0) is 47.3 Å². The minimum absolute atomic E-state index is 0.449. The van der Waals surface area contributed by atoms with Crippen molar-refractivity contribution in [2.45, 2.75) is 25.3 Å². The third-order valence-electron chi connectivity index (χ3n) is 2.91. The van der Waals surface area contributed by atoms with Crippen molar-refractivity contribution < 1.29 is 0 Å². The first-order valence-corrected chi connectivity index (χ1v) is 6.19. The molecule has 82 valence electrons. The summed E-state index contributed by atoms with van der Waals surface area (Å²) in [5, 5.41) is 0. The normalized spacial score (nSPS) is 21.7. The van der Waals surface area contributed by atoms with E-state index < -0.39 is 0 Å². The molecule has 2 rings (SSSR count). The number of anilines is 1. The monoisotopic (exact) mass is 269 g/mol. The van der Waals surface area contributed by atoms with Crippen molar-refractivity contribution >= 4 is 21.7 Å². The van der Waals surface area contributed by atoms with E-state index in [0.29, 0.717) is 12.6 Å². The van der Waals surface area contributed by atoms with E-state index in [-0.39, 0.29) is 0 Å². The van der Waals surface area contributed by atoms with Gasteiger partial charge in [0, 0.05) is 25.3 Å². The molecule has 0 radical (unpaired) electrons. The lowest BCUT2D eigenvalue weighted by Gasteiger charge is -2.36. The van der Waals surface area contributed by atoms with Crippen LogP contribution in [0.15, 0.2) is 22.8 Å². The van der Waals surface area contributed by atoms with Crippen LogP contribution in [0.25, 0.3) is 0 Å². The van der Waals surface area contributed by atoms with E-state index in [1.807, 2.05) is 18.3 Å². The summed E-state index contributed by atoms with van der Waals surface area (Å²) in [4.78, 5) is 6.75. The first-order chi connectivity index (χ1) is 7.33. The third kappa shape index (κ3) is 2.32. The predicted octanol–water partition coefficient (Wildman–Crippen LogP) is 2.16. The largest absolute Gasteiger partial charge is 0.351 e. The van der Waals surface area contributed by atoms with E-state index >= 15 is 0 Å². The fourth-order valence-corrected chi connectivity index (χ4v) is 2.60. The Bertz CT molecular complexity index is 329. The maximum Gasteiger partial charge on any atom is 0.143 e. The van der Waals surface area contributed by atoms with Gasteiger partial charge >= 0.3 is 0 Å². The number of hydrogen-bond acceptors (Lipinski definition) is 3. The van der Waals surface area contributed by atoms with Crippen LogP contribution in [0.4, 0.5) is 5.82 Å². The molecule has 2 heterocycles. The number of hydrogen-bond donors (Lipinski definition) is 1. The van der Waals surface area contributed by atoms with Crippen LogP contribution in [0, 0.1) is 0 Å². The Morgan fingerprint density at radius 2 is 2.40 bits per heavy atom. The Labute approximate surface area is 98.8 Å². The molecule has 1 unspecified atom stereocenters. The zero-order chi connectivity index (χ0) is 10.7. The SMILES string of the molecule is NCC1CCCCN1c1ncccc1Br. The Morgan fingerprint density at radius 1 is 1.53 bits per heavy atom. The molecule has 2 N–H and O–H groups in total.